The summed E-state index contributed by atoms with van der Waals surface area (Å²) in [6.45, 7) is 1.97. The molecule has 5 nitrogen and oxygen atoms in total. The average Bonchev–Trinajstić information content (AvgIpc) is 2.48. The van der Waals surface area contributed by atoms with Crippen LogP contribution in [0.5, 0.6) is 5.75 Å². The minimum Gasteiger partial charge on any atom is -0.492 e. The Hall–Kier alpha value is -2.40. The number of ether oxygens (including phenoxy) is 1. The number of hydrogen-bond donors (Lipinski definition) is 2. The molecular weight excluding hydrogens is 256 g/mol. The highest BCUT2D eigenvalue weighted by Crippen LogP contribution is 2.11. The molecule has 0 atom stereocenters. The summed E-state index contributed by atoms with van der Waals surface area (Å²) in [6, 6.07) is 10.3. The second kappa shape index (κ2) is 7.25. The summed E-state index contributed by atoms with van der Waals surface area (Å²) < 4.78 is 5.51. The first-order valence-corrected chi connectivity index (χ1v) is 6.31. The number of carboxylic acids is 1. The van der Waals surface area contributed by atoms with Gasteiger partial charge >= 0.3 is 5.97 Å². The standard InChI is InChI=1S/C15H16N2O3/c18-15(19)13-3-5-14(6-4-13)20-9-8-17-11-12-2-1-7-16-10-12/h1-7,10,17H,8-9,11H2,(H,18,19). The molecule has 0 fully saturated rings. The van der Waals surface area contributed by atoms with Crippen molar-refractivity contribution < 1.29 is 14.6 Å². The molecule has 1 aromatic carbocycles. The van der Waals surface area contributed by atoms with Crippen molar-refractivity contribution in [2.45, 2.75) is 6.54 Å². The van der Waals surface area contributed by atoms with Crippen LogP contribution in [0, 0.1) is 0 Å². The Kier molecular flexibility index (Phi) is 5.08. The van der Waals surface area contributed by atoms with Crippen molar-refractivity contribution in [2.75, 3.05) is 13.2 Å². The number of carbonyl (C=O) groups is 1. The van der Waals surface area contributed by atoms with E-state index in [1.54, 1.807) is 18.3 Å². The van der Waals surface area contributed by atoms with Crippen LogP contribution >= 0.6 is 0 Å². The van der Waals surface area contributed by atoms with Gasteiger partial charge in [0.2, 0.25) is 0 Å². The van der Waals surface area contributed by atoms with E-state index in [0.717, 1.165) is 12.1 Å². The normalized spacial score (nSPS) is 10.2. The van der Waals surface area contributed by atoms with Crippen molar-refractivity contribution in [3.05, 3.63) is 59.9 Å². The topological polar surface area (TPSA) is 71.5 Å². The Bertz CT molecular complexity index is 541. The molecule has 0 saturated heterocycles. The first-order valence-electron chi connectivity index (χ1n) is 6.31. The zero-order valence-electron chi connectivity index (χ0n) is 11.0. The number of aromatic nitrogens is 1. The number of hydrogen-bond acceptors (Lipinski definition) is 4. The van der Waals surface area contributed by atoms with Crippen LogP contribution < -0.4 is 10.1 Å². The third-order valence-corrected chi connectivity index (χ3v) is 2.70. The largest absolute Gasteiger partial charge is 0.492 e. The van der Waals surface area contributed by atoms with Crippen LogP contribution in [0.25, 0.3) is 0 Å². The molecule has 0 aliphatic heterocycles. The summed E-state index contributed by atoms with van der Waals surface area (Å²) in [5.41, 5.74) is 1.38. The van der Waals surface area contributed by atoms with Crippen LogP contribution in [-0.2, 0) is 6.54 Å². The van der Waals surface area contributed by atoms with Crippen molar-refractivity contribution >= 4 is 5.97 Å². The zero-order chi connectivity index (χ0) is 14.2. The van der Waals surface area contributed by atoms with E-state index in [9.17, 15) is 4.79 Å². The maximum Gasteiger partial charge on any atom is 0.335 e. The van der Waals surface area contributed by atoms with Crippen LogP contribution in [0.2, 0.25) is 0 Å². The molecule has 1 heterocycles. The number of rotatable bonds is 7. The second-order valence-electron chi connectivity index (χ2n) is 4.22. The van der Waals surface area contributed by atoms with Crippen molar-refractivity contribution in [3.63, 3.8) is 0 Å². The highest BCUT2D eigenvalue weighted by atomic mass is 16.5. The van der Waals surface area contributed by atoms with Gasteiger partial charge in [-0.15, -0.1) is 0 Å². The van der Waals surface area contributed by atoms with E-state index < -0.39 is 5.97 Å². The third kappa shape index (κ3) is 4.37. The molecule has 2 aromatic rings. The molecule has 0 amide bonds. The minimum atomic E-state index is -0.935. The van der Waals surface area contributed by atoms with E-state index in [2.05, 4.69) is 10.3 Å². The van der Waals surface area contributed by atoms with Crippen LogP contribution in [0.4, 0.5) is 0 Å². The summed E-state index contributed by atoms with van der Waals surface area (Å²) in [5.74, 6) is -0.270. The third-order valence-electron chi connectivity index (χ3n) is 2.70. The Morgan fingerprint density at radius 2 is 2.05 bits per heavy atom. The molecule has 0 bridgehead atoms. The molecule has 2 N–H and O–H groups in total. The van der Waals surface area contributed by atoms with Gasteiger partial charge < -0.3 is 15.2 Å². The van der Waals surface area contributed by atoms with E-state index >= 15 is 0 Å². The summed E-state index contributed by atoms with van der Waals surface area (Å²) in [7, 11) is 0. The molecule has 0 saturated carbocycles. The molecule has 0 radical (unpaired) electrons. The quantitative estimate of drug-likeness (QED) is 0.754. The lowest BCUT2D eigenvalue weighted by molar-refractivity contribution is 0.0697. The lowest BCUT2D eigenvalue weighted by Crippen LogP contribution is -2.20. The Labute approximate surface area is 117 Å². The van der Waals surface area contributed by atoms with E-state index in [-0.39, 0.29) is 5.56 Å². The molecule has 1 aromatic heterocycles. The Morgan fingerprint density at radius 1 is 1.25 bits per heavy atom. The van der Waals surface area contributed by atoms with E-state index in [0.29, 0.717) is 18.9 Å². The first-order chi connectivity index (χ1) is 9.75. The average molecular weight is 272 g/mol. The number of benzene rings is 1. The maximum atomic E-state index is 10.7. The molecule has 0 unspecified atom stereocenters. The predicted octanol–water partition coefficient (Wildman–Crippen LogP) is 1.95. The Morgan fingerprint density at radius 3 is 2.70 bits per heavy atom. The predicted molar refractivity (Wildman–Crippen MR) is 74.8 cm³/mol. The fourth-order valence-electron chi connectivity index (χ4n) is 1.67. The lowest BCUT2D eigenvalue weighted by Gasteiger charge is -2.07. The molecule has 0 spiro atoms. The van der Waals surface area contributed by atoms with Crippen molar-refractivity contribution in [2.24, 2.45) is 0 Å². The maximum absolute atomic E-state index is 10.7. The van der Waals surface area contributed by atoms with Gasteiger partial charge in [-0.25, -0.2) is 4.79 Å². The van der Waals surface area contributed by atoms with Crippen LogP contribution in [0.15, 0.2) is 48.8 Å². The summed E-state index contributed by atoms with van der Waals surface area (Å²) in [5, 5.41) is 12.0. The van der Waals surface area contributed by atoms with Gasteiger partial charge in [0.1, 0.15) is 12.4 Å². The highest BCUT2D eigenvalue weighted by molar-refractivity contribution is 5.87. The van der Waals surface area contributed by atoms with Crippen LogP contribution in [0.1, 0.15) is 15.9 Å². The van der Waals surface area contributed by atoms with Gasteiger partial charge in [0, 0.05) is 25.5 Å². The molecule has 20 heavy (non-hydrogen) atoms. The second-order valence-corrected chi connectivity index (χ2v) is 4.22. The number of pyridine rings is 1. The minimum absolute atomic E-state index is 0.257. The number of carboxylic acid groups (broad SMARTS) is 1. The Balaban J connectivity index is 1.67. The molecule has 0 aliphatic rings. The first kappa shape index (κ1) is 14.0. The molecule has 2 rings (SSSR count). The number of nitrogens with one attached hydrogen (secondary N) is 1. The zero-order valence-corrected chi connectivity index (χ0v) is 11.0. The smallest absolute Gasteiger partial charge is 0.335 e. The van der Waals surface area contributed by atoms with Crippen molar-refractivity contribution in [1.29, 1.82) is 0 Å². The van der Waals surface area contributed by atoms with Gasteiger partial charge in [-0.3, -0.25) is 4.98 Å². The van der Waals surface area contributed by atoms with E-state index in [1.165, 1.54) is 12.1 Å². The molecule has 5 heteroatoms. The number of nitrogens with zero attached hydrogens (tertiary/aromatic N) is 1. The fraction of sp³-hybridized carbons (Fsp3) is 0.200. The van der Waals surface area contributed by atoms with Gasteiger partial charge in [-0.2, -0.15) is 0 Å². The highest BCUT2D eigenvalue weighted by Gasteiger charge is 2.01. The summed E-state index contributed by atoms with van der Waals surface area (Å²) in [6.07, 6.45) is 3.56. The van der Waals surface area contributed by atoms with Gasteiger partial charge in [0.15, 0.2) is 0 Å². The molecule has 104 valence electrons. The van der Waals surface area contributed by atoms with Gasteiger partial charge in [0.25, 0.3) is 0 Å². The molecule has 0 aliphatic carbocycles. The monoisotopic (exact) mass is 272 g/mol. The number of aromatic carboxylic acids is 1. The van der Waals surface area contributed by atoms with Gasteiger partial charge in [-0.1, -0.05) is 6.07 Å². The fourth-order valence-corrected chi connectivity index (χ4v) is 1.67. The van der Waals surface area contributed by atoms with E-state index in [4.69, 9.17) is 9.84 Å². The molecular formula is C15H16N2O3. The van der Waals surface area contributed by atoms with Crippen LogP contribution in [0.3, 0.4) is 0 Å². The van der Waals surface area contributed by atoms with Crippen LogP contribution in [-0.4, -0.2) is 29.2 Å². The van der Waals surface area contributed by atoms with Crippen molar-refractivity contribution in [3.8, 4) is 5.75 Å². The van der Waals surface area contributed by atoms with E-state index in [1.807, 2.05) is 18.3 Å². The summed E-state index contributed by atoms with van der Waals surface area (Å²) in [4.78, 5) is 14.7. The lowest BCUT2D eigenvalue weighted by atomic mass is 10.2. The SMILES string of the molecule is O=C(O)c1ccc(OCCNCc2cccnc2)cc1. The summed E-state index contributed by atoms with van der Waals surface area (Å²) >= 11 is 0. The van der Waals surface area contributed by atoms with Crippen molar-refractivity contribution in [1.82, 2.24) is 10.3 Å². The van der Waals surface area contributed by atoms with Gasteiger partial charge in [0.05, 0.1) is 5.56 Å². The van der Waals surface area contributed by atoms with Gasteiger partial charge in [-0.05, 0) is 35.9 Å².